The summed E-state index contributed by atoms with van der Waals surface area (Å²) in [7, 11) is 1.89. The number of nitrogens with one attached hydrogen (secondary N) is 1. The fourth-order valence-corrected chi connectivity index (χ4v) is 2.21. The number of nitrogens with two attached hydrogens (primary N) is 1. The third-order valence-corrected chi connectivity index (χ3v) is 2.92. The zero-order valence-electron chi connectivity index (χ0n) is 11.7. The molecule has 0 bridgehead atoms. The van der Waals surface area contributed by atoms with E-state index in [1.54, 1.807) is 0 Å². The molecule has 5 heteroatoms. The molecule has 4 nitrogen and oxygen atoms in total. The van der Waals surface area contributed by atoms with Gasteiger partial charge in [0.05, 0.1) is 6.54 Å². The Labute approximate surface area is 119 Å². The first-order valence-corrected chi connectivity index (χ1v) is 6.78. The average Bonchev–Trinajstić information content (AvgIpc) is 2.29. The summed E-state index contributed by atoms with van der Waals surface area (Å²) >= 11 is 6.07. The highest BCUT2D eigenvalue weighted by molar-refractivity contribution is 6.30. The van der Waals surface area contributed by atoms with Crippen LogP contribution in [0.25, 0.3) is 0 Å². The van der Waals surface area contributed by atoms with Gasteiger partial charge in [-0.1, -0.05) is 31.5 Å². The first-order chi connectivity index (χ1) is 8.93. The standard InChI is InChI=1S/C14H22ClN3O/c1-10(2)8-18(9-14(16)19)13-6-12(15)5-4-11(13)7-17-3/h4-6,10,17H,7-9H2,1-3H3,(H2,16,19). The van der Waals surface area contributed by atoms with Crippen LogP contribution in [0.2, 0.25) is 5.02 Å². The van der Waals surface area contributed by atoms with Gasteiger partial charge < -0.3 is 16.0 Å². The number of benzene rings is 1. The number of carbonyl (C=O) groups excluding carboxylic acids is 1. The Hall–Kier alpha value is -1.26. The van der Waals surface area contributed by atoms with Crippen LogP contribution in [0, 0.1) is 5.92 Å². The van der Waals surface area contributed by atoms with Crippen molar-refractivity contribution in [3.8, 4) is 0 Å². The van der Waals surface area contributed by atoms with Crippen LogP contribution in [-0.4, -0.2) is 26.0 Å². The second-order valence-corrected chi connectivity index (χ2v) is 5.48. The molecule has 0 spiro atoms. The van der Waals surface area contributed by atoms with Gasteiger partial charge in [0.25, 0.3) is 0 Å². The van der Waals surface area contributed by atoms with Crippen molar-refractivity contribution in [1.82, 2.24) is 5.32 Å². The van der Waals surface area contributed by atoms with Gasteiger partial charge in [0, 0.05) is 23.8 Å². The van der Waals surface area contributed by atoms with Gasteiger partial charge in [-0.05, 0) is 30.7 Å². The van der Waals surface area contributed by atoms with Gasteiger partial charge in [-0.25, -0.2) is 0 Å². The summed E-state index contributed by atoms with van der Waals surface area (Å²) in [5, 5.41) is 3.78. The molecular weight excluding hydrogens is 262 g/mol. The summed E-state index contributed by atoms with van der Waals surface area (Å²) in [6.07, 6.45) is 0. The SMILES string of the molecule is CNCc1ccc(Cl)cc1N(CC(N)=O)CC(C)C. The Morgan fingerprint density at radius 2 is 2.16 bits per heavy atom. The molecule has 106 valence electrons. The maximum Gasteiger partial charge on any atom is 0.236 e. The fourth-order valence-electron chi connectivity index (χ4n) is 2.05. The van der Waals surface area contributed by atoms with E-state index in [2.05, 4.69) is 19.2 Å². The van der Waals surface area contributed by atoms with Crippen LogP contribution in [0.4, 0.5) is 5.69 Å². The molecule has 0 heterocycles. The minimum Gasteiger partial charge on any atom is -0.368 e. The molecule has 1 rings (SSSR count). The molecular formula is C14H22ClN3O. The molecule has 0 atom stereocenters. The van der Waals surface area contributed by atoms with E-state index in [-0.39, 0.29) is 12.5 Å². The molecule has 1 amide bonds. The number of hydrogen-bond acceptors (Lipinski definition) is 3. The predicted molar refractivity (Wildman–Crippen MR) is 80.5 cm³/mol. The second-order valence-electron chi connectivity index (χ2n) is 5.04. The highest BCUT2D eigenvalue weighted by Gasteiger charge is 2.15. The Morgan fingerprint density at radius 1 is 1.47 bits per heavy atom. The van der Waals surface area contributed by atoms with E-state index < -0.39 is 0 Å². The lowest BCUT2D eigenvalue weighted by Crippen LogP contribution is -2.37. The molecule has 1 aromatic carbocycles. The van der Waals surface area contributed by atoms with E-state index in [1.165, 1.54) is 0 Å². The number of halogens is 1. The molecule has 0 aliphatic carbocycles. The Morgan fingerprint density at radius 3 is 2.68 bits per heavy atom. The number of rotatable bonds is 7. The lowest BCUT2D eigenvalue weighted by Gasteiger charge is -2.28. The highest BCUT2D eigenvalue weighted by Crippen LogP contribution is 2.25. The quantitative estimate of drug-likeness (QED) is 0.805. The fraction of sp³-hybridized carbons (Fsp3) is 0.500. The van der Waals surface area contributed by atoms with Gasteiger partial charge in [0.1, 0.15) is 0 Å². The Kier molecular flexibility index (Phi) is 6.12. The van der Waals surface area contributed by atoms with Crippen LogP contribution < -0.4 is 16.0 Å². The maximum atomic E-state index is 11.3. The van der Waals surface area contributed by atoms with Crippen molar-refractivity contribution in [1.29, 1.82) is 0 Å². The molecule has 1 aromatic rings. The van der Waals surface area contributed by atoms with Gasteiger partial charge in [-0.2, -0.15) is 0 Å². The third kappa shape index (κ3) is 5.09. The summed E-state index contributed by atoms with van der Waals surface area (Å²) in [6.45, 7) is 5.90. The van der Waals surface area contributed by atoms with E-state index in [9.17, 15) is 4.79 Å². The molecule has 0 aliphatic rings. The molecule has 0 aliphatic heterocycles. The zero-order chi connectivity index (χ0) is 14.4. The van der Waals surface area contributed by atoms with Gasteiger partial charge in [-0.15, -0.1) is 0 Å². The van der Waals surface area contributed by atoms with Gasteiger partial charge >= 0.3 is 0 Å². The van der Waals surface area contributed by atoms with Gasteiger partial charge in [0.2, 0.25) is 5.91 Å². The maximum absolute atomic E-state index is 11.3. The number of anilines is 1. The number of primary amides is 1. The summed E-state index contributed by atoms with van der Waals surface area (Å²) < 4.78 is 0. The summed E-state index contributed by atoms with van der Waals surface area (Å²) in [5.41, 5.74) is 7.41. The lowest BCUT2D eigenvalue weighted by molar-refractivity contribution is -0.116. The van der Waals surface area contributed by atoms with Crippen LogP contribution in [0.3, 0.4) is 0 Å². The van der Waals surface area contributed by atoms with E-state index in [4.69, 9.17) is 17.3 Å². The van der Waals surface area contributed by atoms with Gasteiger partial charge in [-0.3, -0.25) is 4.79 Å². The van der Waals surface area contributed by atoms with Crippen LogP contribution in [0.5, 0.6) is 0 Å². The molecule has 0 saturated heterocycles. The predicted octanol–water partition coefficient (Wildman–Crippen LogP) is 2.01. The summed E-state index contributed by atoms with van der Waals surface area (Å²) in [6, 6.07) is 5.72. The van der Waals surface area contributed by atoms with E-state index >= 15 is 0 Å². The monoisotopic (exact) mass is 283 g/mol. The number of nitrogens with zero attached hydrogens (tertiary/aromatic N) is 1. The van der Waals surface area contributed by atoms with E-state index in [0.717, 1.165) is 24.3 Å². The van der Waals surface area contributed by atoms with Crippen molar-refractivity contribution in [2.45, 2.75) is 20.4 Å². The minimum atomic E-state index is -0.337. The number of carbonyl (C=O) groups is 1. The largest absolute Gasteiger partial charge is 0.368 e. The molecule has 0 aromatic heterocycles. The first kappa shape index (κ1) is 15.8. The third-order valence-electron chi connectivity index (χ3n) is 2.69. The smallest absolute Gasteiger partial charge is 0.236 e. The highest BCUT2D eigenvalue weighted by atomic mass is 35.5. The van der Waals surface area contributed by atoms with Crippen molar-refractivity contribution >= 4 is 23.2 Å². The van der Waals surface area contributed by atoms with E-state index in [1.807, 2.05) is 30.1 Å². The lowest BCUT2D eigenvalue weighted by atomic mass is 10.1. The Balaban J connectivity index is 3.10. The van der Waals surface area contributed by atoms with Gasteiger partial charge in [0.15, 0.2) is 0 Å². The van der Waals surface area contributed by atoms with Crippen LogP contribution >= 0.6 is 11.6 Å². The van der Waals surface area contributed by atoms with Crippen LogP contribution in [0.1, 0.15) is 19.4 Å². The first-order valence-electron chi connectivity index (χ1n) is 6.40. The number of amides is 1. The zero-order valence-corrected chi connectivity index (χ0v) is 12.5. The molecule has 3 N–H and O–H groups in total. The topological polar surface area (TPSA) is 58.4 Å². The Bertz CT molecular complexity index is 435. The van der Waals surface area contributed by atoms with Crippen molar-refractivity contribution in [2.75, 3.05) is 25.0 Å². The van der Waals surface area contributed by atoms with Crippen molar-refractivity contribution in [3.63, 3.8) is 0 Å². The normalized spacial score (nSPS) is 10.8. The molecule has 0 unspecified atom stereocenters. The average molecular weight is 284 g/mol. The van der Waals surface area contributed by atoms with Crippen molar-refractivity contribution in [2.24, 2.45) is 11.7 Å². The van der Waals surface area contributed by atoms with Crippen LogP contribution in [0.15, 0.2) is 18.2 Å². The minimum absolute atomic E-state index is 0.204. The molecule has 0 saturated carbocycles. The van der Waals surface area contributed by atoms with E-state index in [0.29, 0.717) is 10.9 Å². The summed E-state index contributed by atoms with van der Waals surface area (Å²) in [5.74, 6) is 0.0943. The van der Waals surface area contributed by atoms with Crippen molar-refractivity contribution in [3.05, 3.63) is 28.8 Å². The number of hydrogen-bond donors (Lipinski definition) is 2. The molecule has 0 radical (unpaired) electrons. The molecule has 19 heavy (non-hydrogen) atoms. The van der Waals surface area contributed by atoms with Crippen LogP contribution in [-0.2, 0) is 11.3 Å². The van der Waals surface area contributed by atoms with Crippen molar-refractivity contribution < 1.29 is 4.79 Å². The molecule has 0 fully saturated rings. The second kappa shape index (κ2) is 7.36. The summed E-state index contributed by atoms with van der Waals surface area (Å²) in [4.78, 5) is 13.2.